The van der Waals surface area contributed by atoms with E-state index in [4.69, 9.17) is 9.78 Å². The highest BCUT2D eigenvalue weighted by Gasteiger charge is 2.18. The molecule has 0 aromatic carbocycles. The Kier molecular flexibility index (Phi) is 4.07. The second-order valence-corrected chi connectivity index (χ2v) is 5.84. The van der Waals surface area contributed by atoms with E-state index >= 15 is 0 Å². The van der Waals surface area contributed by atoms with Crippen LogP contribution in [0.3, 0.4) is 0 Å². The van der Waals surface area contributed by atoms with Gasteiger partial charge in [0, 0.05) is 12.0 Å². The molecule has 6 heteroatoms. The summed E-state index contributed by atoms with van der Waals surface area (Å²) in [4.78, 5) is 0. The molecule has 0 atom stereocenters. The second kappa shape index (κ2) is 5.12. The van der Waals surface area contributed by atoms with E-state index in [2.05, 4.69) is 5.16 Å². The number of rotatable bonds is 5. The van der Waals surface area contributed by atoms with Gasteiger partial charge < -0.3 is 4.52 Å². The van der Waals surface area contributed by atoms with E-state index in [9.17, 15) is 8.42 Å². The van der Waals surface area contributed by atoms with Gasteiger partial charge in [-0.2, -0.15) is 5.26 Å². The van der Waals surface area contributed by atoms with Gasteiger partial charge in [0.2, 0.25) is 0 Å². The highest BCUT2D eigenvalue weighted by Crippen LogP contribution is 2.16. The van der Waals surface area contributed by atoms with Crippen LogP contribution in [0.15, 0.2) is 4.52 Å². The van der Waals surface area contributed by atoms with Gasteiger partial charge in [-0.3, -0.25) is 0 Å². The molecule has 0 amide bonds. The average Bonchev–Trinajstić information content (AvgIpc) is 2.49. The summed E-state index contributed by atoms with van der Waals surface area (Å²) in [5.74, 6) is 0.519. The molecule has 0 bridgehead atoms. The van der Waals surface area contributed by atoms with E-state index in [1.165, 1.54) is 0 Å². The molecule has 0 unspecified atom stereocenters. The minimum Gasteiger partial charge on any atom is -0.361 e. The van der Waals surface area contributed by atoms with Gasteiger partial charge in [-0.05, 0) is 20.3 Å². The summed E-state index contributed by atoms with van der Waals surface area (Å²) >= 11 is 0. The fourth-order valence-corrected chi connectivity index (χ4v) is 2.95. The Balaban J connectivity index is 2.70. The molecule has 1 heterocycles. The molecule has 1 aromatic rings. The minimum atomic E-state index is -3.17. The van der Waals surface area contributed by atoms with E-state index in [-0.39, 0.29) is 17.9 Å². The third-order valence-corrected chi connectivity index (χ3v) is 3.93. The third-order valence-electron chi connectivity index (χ3n) is 2.29. The molecular formula is C10H14N2O3S. The number of hydrogen-bond donors (Lipinski definition) is 0. The quantitative estimate of drug-likeness (QED) is 0.731. The Morgan fingerprint density at radius 2 is 2.12 bits per heavy atom. The predicted molar refractivity (Wildman–Crippen MR) is 58.3 cm³/mol. The van der Waals surface area contributed by atoms with Crippen LogP contribution in [-0.2, 0) is 15.6 Å². The zero-order valence-corrected chi connectivity index (χ0v) is 10.2. The van der Waals surface area contributed by atoms with Crippen LogP contribution in [0.4, 0.5) is 0 Å². The van der Waals surface area contributed by atoms with Gasteiger partial charge >= 0.3 is 0 Å². The van der Waals surface area contributed by atoms with Crippen molar-refractivity contribution in [3.8, 4) is 6.07 Å². The number of hydrogen-bond acceptors (Lipinski definition) is 5. The Morgan fingerprint density at radius 1 is 1.44 bits per heavy atom. The number of sulfone groups is 1. The Hall–Kier alpha value is -1.35. The van der Waals surface area contributed by atoms with Gasteiger partial charge in [0.15, 0.2) is 9.84 Å². The maximum Gasteiger partial charge on any atom is 0.154 e. The van der Waals surface area contributed by atoms with Crippen LogP contribution < -0.4 is 0 Å². The maximum absolute atomic E-state index is 11.7. The zero-order valence-electron chi connectivity index (χ0n) is 9.36. The summed E-state index contributed by atoms with van der Waals surface area (Å²) in [5, 5.41) is 12.0. The number of unbranched alkanes of at least 4 members (excludes halogenated alkanes) is 1. The first-order valence-corrected chi connectivity index (χ1v) is 6.77. The molecule has 1 aromatic heterocycles. The molecule has 16 heavy (non-hydrogen) atoms. The van der Waals surface area contributed by atoms with Crippen molar-refractivity contribution in [2.24, 2.45) is 0 Å². The number of nitrogens with zero attached hydrogens (tertiary/aromatic N) is 2. The molecule has 88 valence electrons. The SMILES string of the molecule is Cc1noc(C)c1CS(=O)(=O)CCCC#N. The predicted octanol–water partition coefficient (Wildman–Crippen LogP) is 1.51. The molecule has 0 aliphatic rings. The van der Waals surface area contributed by atoms with Crippen LogP contribution in [0.1, 0.15) is 29.9 Å². The Morgan fingerprint density at radius 3 is 2.62 bits per heavy atom. The molecule has 0 fully saturated rings. The molecule has 0 aliphatic carbocycles. The lowest BCUT2D eigenvalue weighted by Crippen LogP contribution is -2.10. The van der Waals surface area contributed by atoms with Gasteiger partial charge in [-0.15, -0.1) is 0 Å². The van der Waals surface area contributed by atoms with Crippen LogP contribution >= 0.6 is 0 Å². The molecule has 0 saturated heterocycles. The van der Waals surface area contributed by atoms with Crippen LogP contribution in [0.5, 0.6) is 0 Å². The van der Waals surface area contributed by atoms with Gasteiger partial charge in [0.05, 0.1) is 23.3 Å². The average molecular weight is 242 g/mol. The summed E-state index contributed by atoms with van der Waals surface area (Å²) in [6, 6.07) is 1.93. The molecule has 1 rings (SSSR count). The highest BCUT2D eigenvalue weighted by atomic mass is 32.2. The van der Waals surface area contributed by atoms with Gasteiger partial charge in [0.25, 0.3) is 0 Å². The first-order valence-electron chi connectivity index (χ1n) is 4.95. The molecule has 0 aliphatic heterocycles. The van der Waals surface area contributed by atoms with Gasteiger partial charge in [0.1, 0.15) is 5.76 Å². The summed E-state index contributed by atoms with van der Waals surface area (Å²) in [6.07, 6.45) is 0.642. The van der Waals surface area contributed by atoms with Crippen molar-refractivity contribution >= 4 is 9.84 Å². The topological polar surface area (TPSA) is 84.0 Å². The van der Waals surface area contributed by atoms with Crippen molar-refractivity contribution in [3.05, 3.63) is 17.0 Å². The summed E-state index contributed by atoms with van der Waals surface area (Å²) in [7, 11) is -3.17. The van der Waals surface area contributed by atoms with Crippen molar-refractivity contribution in [1.82, 2.24) is 5.16 Å². The fourth-order valence-electron chi connectivity index (χ4n) is 1.37. The van der Waals surface area contributed by atoms with E-state index in [1.807, 2.05) is 6.07 Å². The van der Waals surface area contributed by atoms with Crippen molar-refractivity contribution in [2.45, 2.75) is 32.4 Å². The molecule has 5 nitrogen and oxygen atoms in total. The monoisotopic (exact) mass is 242 g/mol. The summed E-state index contributed by atoms with van der Waals surface area (Å²) < 4.78 is 28.3. The standard InChI is InChI=1S/C10H14N2O3S/c1-8-10(9(2)15-12-8)7-16(13,14)6-4-3-5-11/h3-4,6-7H2,1-2H3. The summed E-state index contributed by atoms with van der Waals surface area (Å²) in [5.41, 5.74) is 1.25. The van der Waals surface area contributed by atoms with E-state index < -0.39 is 9.84 Å². The fraction of sp³-hybridized carbons (Fsp3) is 0.600. The van der Waals surface area contributed by atoms with Crippen LogP contribution in [0.2, 0.25) is 0 Å². The first kappa shape index (κ1) is 12.7. The second-order valence-electron chi connectivity index (χ2n) is 3.66. The van der Waals surface area contributed by atoms with Crippen molar-refractivity contribution in [3.63, 3.8) is 0 Å². The van der Waals surface area contributed by atoms with Gasteiger partial charge in [-0.25, -0.2) is 8.42 Å². The first-order chi connectivity index (χ1) is 7.46. The third kappa shape index (κ3) is 3.35. The maximum atomic E-state index is 11.7. The lowest BCUT2D eigenvalue weighted by atomic mass is 10.2. The van der Waals surface area contributed by atoms with Crippen molar-refractivity contribution < 1.29 is 12.9 Å². The number of aromatic nitrogens is 1. The normalized spacial score (nSPS) is 11.3. The zero-order chi connectivity index (χ0) is 12.2. The molecule has 0 saturated carbocycles. The summed E-state index contributed by atoms with van der Waals surface area (Å²) in [6.45, 7) is 3.41. The van der Waals surface area contributed by atoms with Crippen LogP contribution in [-0.4, -0.2) is 19.3 Å². The highest BCUT2D eigenvalue weighted by molar-refractivity contribution is 7.90. The van der Waals surface area contributed by atoms with Crippen molar-refractivity contribution in [2.75, 3.05) is 5.75 Å². The van der Waals surface area contributed by atoms with Gasteiger partial charge in [-0.1, -0.05) is 5.16 Å². The molecule has 0 spiro atoms. The molecule has 0 radical (unpaired) electrons. The van der Waals surface area contributed by atoms with Crippen LogP contribution in [0.25, 0.3) is 0 Å². The number of nitriles is 1. The van der Waals surface area contributed by atoms with E-state index in [0.717, 1.165) is 0 Å². The largest absolute Gasteiger partial charge is 0.361 e. The molecular weight excluding hydrogens is 228 g/mol. The van der Waals surface area contributed by atoms with Crippen molar-refractivity contribution in [1.29, 1.82) is 5.26 Å². The van der Waals surface area contributed by atoms with E-state index in [1.54, 1.807) is 13.8 Å². The lowest BCUT2D eigenvalue weighted by molar-refractivity contribution is 0.392. The number of aryl methyl sites for hydroxylation is 2. The lowest BCUT2D eigenvalue weighted by Gasteiger charge is -2.02. The van der Waals surface area contributed by atoms with Crippen LogP contribution in [0, 0.1) is 25.2 Å². The minimum absolute atomic E-state index is 0.0324. The molecule has 0 N–H and O–H groups in total. The smallest absolute Gasteiger partial charge is 0.154 e. The Labute approximate surface area is 95.0 Å². The Bertz CT molecular complexity index is 477. The van der Waals surface area contributed by atoms with E-state index in [0.29, 0.717) is 23.4 Å².